The van der Waals surface area contributed by atoms with Crippen LogP contribution in [0.4, 0.5) is 0 Å². The molecular weight excluding hydrogens is 394 g/mol. The van der Waals surface area contributed by atoms with E-state index in [2.05, 4.69) is 22.6 Å². The molecule has 0 unspecified atom stereocenters. The third-order valence-electron chi connectivity index (χ3n) is 4.46. The second-order valence-electron chi connectivity index (χ2n) is 6.97. The summed E-state index contributed by atoms with van der Waals surface area (Å²) in [7, 11) is 2.15. The SMILES string of the molecule is C=O.CN1CCNCC1.Cc1ccc(C(=O)NCCOc2cccc(C(=N)N)c2)cc1. The highest BCUT2D eigenvalue weighted by molar-refractivity contribution is 5.95. The molecule has 1 heterocycles. The maximum absolute atomic E-state index is 11.9. The van der Waals surface area contributed by atoms with Crippen molar-refractivity contribution in [2.45, 2.75) is 6.92 Å². The molecule has 1 saturated heterocycles. The first-order chi connectivity index (χ1) is 15.0. The lowest BCUT2D eigenvalue weighted by atomic mass is 10.1. The van der Waals surface area contributed by atoms with Crippen molar-refractivity contribution in [1.29, 1.82) is 5.41 Å². The Balaban J connectivity index is 0.000000447. The highest BCUT2D eigenvalue weighted by Crippen LogP contribution is 2.12. The Morgan fingerprint density at radius 2 is 1.81 bits per heavy atom. The summed E-state index contributed by atoms with van der Waals surface area (Å²) in [5.41, 5.74) is 7.78. The lowest BCUT2D eigenvalue weighted by molar-refractivity contribution is -0.0980. The third-order valence-corrected chi connectivity index (χ3v) is 4.46. The molecule has 2 aromatic rings. The number of amides is 1. The first-order valence-corrected chi connectivity index (χ1v) is 10.1. The lowest BCUT2D eigenvalue weighted by Crippen LogP contribution is -2.40. The number of hydrogen-bond acceptors (Lipinski definition) is 6. The highest BCUT2D eigenvalue weighted by Gasteiger charge is 2.04. The van der Waals surface area contributed by atoms with Gasteiger partial charge in [-0.1, -0.05) is 29.8 Å². The van der Waals surface area contributed by atoms with Gasteiger partial charge in [0.2, 0.25) is 0 Å². The predicted molar refractivity (Wildman–Crippen MR) is 124 cm³/mol. The van der Waals surface area contributed by atoms with Crippen LogP contribution < -0.4 is 21.1 Å². The summed E-state index contributed by atoms with van der Waals surface area (Å²) in [6, 6.07) is 14.4. The number of rotatable bonds is 6. The molecule has 0 aliphatic carbocycles. The van der Waals surface area contributed by atoms with E-state index in [0.29, 0.717) is 30.0 Å². The molecule has 0 aromatic heterocycles. The number of hydrogen-bond donors (Lipinski definition) is 4. The molecule has 1 amide bonds. The minimum absolute atomic E-state index is 0.00174. The second-order valence-corrected chi connectivity index (χ2v) is 6.97. The molecule has 0 saturated carbocycles. The Kier molecular flexibility index (Phi) is 12.2. The van der Waals surface area contributed by atoms with Gasteiger partial charge in [-0.3, -0.25) is 10.2 Å². The van der Waals surface area contributed by atoms with E-state index in [1.165, 1.54) is 13.1 Å². The van der Waals surface area contributed by atoms with Crippen molar-refractivity contribution in [1.82, 2.24) is 15.5 Å². The van der Waals surface area contributed by atoms with Crippen molar-refractivity contribution < 1.29 is 14.3 Å². The maximum atomic E-state index is 11.9. The molecule has 1 aliphatic rings. The predicted octanol–water partition coefficient (Wildman–Crippen LogP) is 1.42. The number of aryl methyl sites for hydroxylation is 1. The summed E-state index contributed by atoms with van der Waals surface area (Å²) in [5.74, 6) is 0.497. The monoisotopic (exact) mass is 427 g/mol. The van der Waals surface area contributed by atoms with Gasteiger partial charge in [-0.25, -0.2) is 0 Å². The van der Waals surface area contributed by atoms with Crippen molar-refractivity contribution in [2.24, 2.45) is 5.73 Å². The Hall–Kier alpha value is -3.23. The highest BCUT2D eigenvalue weighted by atomic mass is 16.5. The molecule has 5 N–H and O–H groups in total. The Bertz CT molecular complexity index is 805. The number of nitrogens with zero attached hydrogens (tertiary/aromatic N) is 1. The Morgan fingerprint density at radius 1 is 1.16 bits per heavy atom. The molecule has 2 aromatic carbocycles. The van der Waals surface area contributed by atoms with Gasteiger partial charge >= 0.3 is 0 Å². The molecule has 168 valence electrons. The molecule has 31 heavy (non-hydrogen) atoms. The molecule has 8 heteroatoms. The zero-order valence-corrected chi connectivity index (χ0v) is 18.3. The van der Waals surface area contributed by atoms with E-state index in [4.69, 9.17) is 20.7 Å². The van der Waals surface area contributed by atoms with Gasteiger partial charge in [0.1, 0.15) is 25.0 Å². The lowest BCUT2D eigenvalue weighted by Gasteiger charge is -2.21. The van der Waals surface area contributed by atoms with Crippen LogP contribution >= 0.6 is 0 Å². The number of carbonyl (C=O) groups is 2. The van der Waals surface area contributed by atoms with Crippen LogP contribution in [0, 0.1) is 12.3 Å². The smallest absolute Gasteiger partial charge is 0.251 e. The van der Waals surface area contributed by atoms with Crippen LogP contribution in [0.5, 0.6) is 5.75 Å². The maximum Gasteiger partial charge on any atom is 0.251 e. The van der Waals surface area contributed by atoms with E-state index < -0.39 is 0 Å². The number of nitrogens with two attached hydrogens (primary N) is 1. The van der Waals surface area contributed by atoms with Crippen LogP contribution in [0.15, 0.2) is 48.5 Å². The number of nitrogen functional groups attached to an aromatic ring is 1. The van der Waals surface area contributed by atoms with Gasteiger partial charge in [-0.15, -0.1) is 0 Å². The third kappa shape index (κ3) is 10.4. The van der Waals surface area contributed by atoms with Gasteiger partial charge in [-0.05, 0) is 38.2 Å². The number of likely N-dealkylation sites (N-methyl/N-ethyl adjacent to an activating group) is 1. The van der Waals surface area contributed by atoms with E-state index in [1.807, 2.05) is 25.8 Å². The summed E-state index contributed by atoms with van der Waals surface area (Å²) in [5, 5.41) is 13.4. The molecule has 1 aliphatic heterocycles. The minimum atomic E-state index is -0.124. The summed E-state index contributed by atoms with van der Waals surface area (Å²) in [6.07, 6.45) is 0. The quantitative estimate of drug-likeness (QED) is 0.314. The first kappa shape index (κ1) is 25.8. The zero-order valence-electron chi connectivity index (χ0n) is 18.3. The number of nitrogens with one attached hydrogen (secondary N) is 3. The fourth-order valence-corrected chi connectivity index (χ4v) is 2.67. The standard InChI is InChI=1S/C17H19N3O2.C5H12N2.CH2O/c1-12-5-7-13(8-6-12)17(21)20-9-10-22-15-4-2-3-14(11-15)16(18)19;1-7-4-2-6-3-5-7;1-2/h2-8,11H,9-10H2,1H3,(H3,18,19)(H,20,21);6H,2-5H2,1H3;1H2. The Morgan fingerprint density at radius 3 is 2.35 bits per heavy atom. The van der Waals surface area contributed by atoms with E-state index in [1.54, 1.807) is 36.4 Å². The summed E-state index contributed by atoms with van der Waals surface area (Å²) < 4.78 is 5.54. The van der Waals surface area contributed by atoms with Gasteiger partial charge in [0.15, 0.2) is 0 Å². The van der Waals surface area contributed by atoms with Gasteiger partial charge in [0, 0.05) is 37.3 Å². The summed E-state index contributed by atoms with van der Waals surface area (Å²) in [6.45, 7) is 9.47. The van der Waals surface area contributed by atoms with E-state index in [9.17, 15) is 4.79 Å². The first-order valence-electron chi connectivity index (χ1n) is 10.1. The fourth-order valence-electron chi connectivity index (χ4n) is 2.67. The van der Waals surface area contributed by atoms with Crippen molar-refractivity contribution >= 4 is 18.5 Å². The number of benzene rings is 2. The van der Waals surface area contributed by atoms with Crippen LogP contribution in [0.1, 0.15) is 21.5 Å². The zero-order chi connectivity index (χ0) is 23.1. The number of piperazine rings is 1. The van der Waals surface area contributed by atoms with Crippen molar-refractivity contribution in [3.63, 3.8) is 0 Å². The molecule has 0 atom stereocenters. The fraction of sp³-hybridized carbons (Fsp3) is 0.348. The Labute approximate surface area is 184 Å². The van der Waals surface area contributed by atoms with Gasteiger partial charge in [-0.2, -0.15) is 0 Å². The van der Waals surface area contributed by atoms with Crippen molar-refractivity contribution in [3.05, 3.63) is 65.2 Å². The van der Waals surface area contributed by atoms with Crippen LogP contribution in [0.3, 0.4) is 0 Å². The average molecular weight is 428 g/mol. The number of carbonyl (C=O) groups excluding carboxylic acids is 2. The number of amidine groups is 1. The van der Waals surface area contributed by atoms with E-state index >= 15 is 0 Å². The van der Waals surface area contributed by atoms with E-state index in [-0.39, 0.29) is 11.7 Å². The minimum Gasteiger partial charge on any atom is -0.492 e. The summed E-state index contributed by atoms with van der Waals surface area (Å²) in [4.78, 5) is 22.2. The second kappa shape index (κ2) is 14.7. The largest absolute Gasteiger partial charge is 0.492 e. The van der Waals surface area contributed by atoms with Crippen LogP contribution in [-0.4, -0.2) is 69.8 Å². The number of ether oxygens (including phenoxy) is 1. The van der Waals surface area contributed by atoms with Crippen LogP contribution in [-0.2, 0) is 4.79 Å². The molecule has 0 bridgehead atoms. The normalized spacial score (nSPS) is 13.0. The molecule has 8 nitrogen and oxygen atoms in total. The van der Waals surface area contributed by atoms with Gasteiger partial charge in [0.05, 0.1) is 6.54 Å². The molecule has 3 rings (SSSR count). The van der Waals surface area contributed by atoms with E-state index in [0.717, 1.165) is 18.7 Å². The van der Waals surface area contributed by atoms with Crippen molar-refractivity contribution in [3.8, 4) is 5.75 Å². The van der Waals surface area contributed by atoms with Gasteiger partial charge in [0.25, 0.3) is 5.91 Å². The summed E-state index contributed by atoms with van der Waals surface area (Å²) >= 11 is 0. The van der Waals surface area contributed by atoms with Gasteiger partial charge < -0.3 is 30.8 Å². The molecular formula is C23H33N5O3. The van der Waals surface area contributed by atoms with Crippen LogP contribution in [0.25, 0.3) is 0 Å². The van der Waals surface area contributed by atoms with Crippen LogP contribution in [0.2, 0.25) is 0 Å². The average Bonchev–Trinajstić information content (AvgIpc) is 2.79. The van der Waals surface area contributed by atoms with Crippen molar-refractivity contribution in [2.75, 3.05) is 46.4 Å². The topological polar surface area (TPSA) is 121 Å². The molecule has 1 fully saturated rings. The molecule has 0 radical (unpaired) electrons. The molecule has 0 spiro atoms.